The van der Waals surface area contributed by atoms with Gasteiger partial charge in [-0.15, -0.1) is 0 Å². The van der Waals surface area contributed by atoms with Gasteiger partial charge in [-0.05, 0) is 40.2 Å². The first-order valence-electron chi connectivity index (χ1n) is 5.33. The number of carboxylic acid groups (broad SMARTS) is 1. The number of carbonyl (C=O) groups is 1. The van der Waals surface area contributed by atoms with Crippen molar-refractivity contribution in [1.82, 2.24) is 4.98 Å². The lowest BCUT2D eigenvalue weighted by Crippen LogP contribution is -2.05. The molecule has 0 amide bonds. The predicted molar refractivity (Wildman–Crippen MR) is 69.6 cm³/mol. The Morgan fingerprint density at radius 1 is 1.37 bits per heavy atom. The lowest BCUT2D eigenvalue weighted by Gasteiger charge is -2.06. The van der Waals surface area contributed by atoms with Crippen LogP contribution in [0.25, 0.3) is 0 Å². The van der Waals surface area contributed by atoms with Gasteiger partial charge in [0, 0.05) is 6.07 Å². The number of pyridine rings is 1. The first-order chi connectivity index (χ1) is 9.06. The van der Waals surface area contributed by atoms with Gasteiger partial charge in [-0.1, -0.05) is 6.07 Å². The average molecular weight is 326 g/mol. The topological polar surface area (TPSA) is 59.4 Å². The van der Waals surface area contributed by atoms with E-state index < -0.39 is 11.8 Å². The van der Waals surface area contributed by atoms with Crippen molar-refractivity contribution >= 4 is 21.9 Å². The summed E-state index contributed by atoms with van der Waals surface area (Å²) in [5.41, 5.74) is 0.409. The maximum atomic E-state index is 13.3. The molecule has 0 saturated carbocycles. The number of nitrogens with zero attached hydrogens (tertiary/aromatic N) is 1. The van der Waals surface area contributed by atoms with E-state index in [0.29, 0.717) is 15.9 Å². The number of ether oxygens (including phenoxy) is 1. The molecular formula is C13H9BrFNO3. The van der Waals surface area contributed by atoms with Crippen molar-refractivity contribution in [2.75, 3.05) is 0 Å². The number of carboxylic acids is 1. The molecule has 0 radical (unpaired) electrons. The van der Waals surface area contributed by atoms with E-state index >= 15 is 0 Å². The second kappa shape index (κ2) is 5.79. The Morgan fingerprint density at radius 3 is 2.84 bits per heavy atom. The van der Waals surface area contributed by atoms with Crippen LogP contribution in [0, 0.1) is 5.82 Å². The Balaban J connectivity index is 2.07. The second-order valence-corrected chi connectivity index (χ2v) is 4.54. The fraction of sp³-hybridized carbons (Fsp3) is 0.0769. The molecule has 19 heavy (non-hydrogen) atoms. The van der Waals surface area contributed by atoms with Crippen LogP contribution in [-0.2, 0) is 6.61 Å². The first-order valence-corrected chi connectivity index (χ1v) is 6.12. The number of hydrogen-bond donors (Lipinski definition) is 1. The van der Waals surface area contributed by atoms with Gasteiger partial charge >= 0.3 is 5.97 Å². The van der Waals surface area contributed by atoms with Crippen LogP contribution in [0.5, 0.6) is 5.75 Å². The van der Waals surface area contributed by atoms with Crippen molar-refractivity contribution in [2.24, 2.45) is 0 Å². The third-order valence-electron chi connectivity index (χ3n) is 2.30. The van der Waals surface area contributed by atoms with Crippen LogP contribution in [0.3, 0.4) is 0 Å². The van der Waals surface area contributed by atoms with Crippen LogP contribution >= 0.6 is 15.9 Å². The van der Waals surface area contributed by atoms with E-state index in [2.05, 4.69) is 20.9 Å². The fourth-order valence-corrected chi connectivity index (χ4v) is 1.65. The third-order valence-corrected chi connectivity index (χ3v) is 2.95. The Bertz CT molecular complexity index is 619. The molecule has 0 spiro atoms. The lowest BCUT2D eigenvalue weighted by molar-refractivity contribution is 0.0690. The predicted octanol–water partition coefficient (Wildman–Crippen LogP) is 3.26. The summed E-state index contributed by atoms with van der Waals surface area (Å²) in [5.74, 6) is -1.18. The maximum Gasteiger partial charge on any atom is 0.354 e. The van der Waals surface area contributed by atoms with Crippen LogP contribution in [0.15, 0.2) is 40.9 Å². The van der Waals surface area contributed by atoms with Gasteiger partial charge in [0.25, 0.3) is 0 Å². The molecule has 6 heteroatoms. The minimum atomic E-state index is -1.10. The van der Waals surface area contributed by atoms with Crippen molar-refractivity contribution in [2.45, 2.75) is 6.61 Å². The van der Waals surface area contributed by atoms with Gasteiger partial charge < -0.3 is 9.84 Å². The van der Waals surface area contributed by atoms with Crippen molar-refractivity contribution < 1.29 is 19.0 Å². The monoisotopic (exact) mass is 325 g/mol. The summed E-state index contributed by atoms with van der Waals surface area (Å²) in [7, 11) is 0. The average Bonchev–Trinajstić information content (AvgIpc) is 2.40. The van der Waals surface area contributed by atoms with Gasteiger partial charge in [0.15, 0.2) is 0 Å². The molecular weight excluding hydrogens is 317 g/mol. The summed E-state index contributed by atoms with van der Waals surface area (Å²) in [4.78, 5) is 14.7. The molecule has 1 heterocycles. The zero-order chi connectivity index (χ0) is 13.8. The summed E-state index contributed by atoms with van der Waals surface area (Å²) in [6.45, 7) is 0.0716. The molecule has 98 valence electrons. The summed E-state index contributed by atoms with van der Waals surface area (Å²) >= 11 is 3.04. The van der Waals surface area contributed by atoms with Crippen LogP contribution in [0.2, 0.25) is 0 Å². The van der Waals surface area contributed by atoms with E-state index in [0.717, 1.165) is 0 Å². The molecule has 0 aliphatic heterocycles. The Hall–Kier alpha value is -1.95. The third kappa shape index (κ3) is 3.51. The molecule has 0 bridgehead atoms. The highest BCUT2D eigenvalue weighted by Gasteiger charge is 2.06. The lowest BCUT2D eigenvalue weighted by atomic mass is 10.3. The standard InChI is InChI=1S/C13H9BrFNO3/c14-10-5-4-9(6-11(10)15)19-7-8-2-1-3-12(16-8)13(17)18/h1-6H,7H2,(H,17,18). The zero-order valence-electron chi connectivity index (χ0n) is 9.64. The van der Waals surface area contributed by atoms with Crippen molar-refractivity contribution in [3.63, 3.8) is 0 Å². The highest BCUT2D eigenvalue weighted by Crippen LogP contribution is 2.21. The molecule has 2 rings (SSSR count). The van der Waals surface area contributed by atoms with Crippen LogP contribution in [0.4, 0.5) is 4.39 Å². The molecule has 0 saturated heterocycles. The van der Waals surface area contributed by atoms with Gasteiger partial charge in [-0.25, -0.2) is 14.2 Å². The van der Waals surface area contributed by atoms with Gasteiger partial charge in [0.1, 0.15) is 23.9 Å². The van der Waals surface area contributed by atoms with Crippen molar-refractivity contribution in [3.05, 3.63) is 58.1 Å². The van der Waals surface area contributed by atoms with E-state index in [4.69, 9.17) is 9.84 Å². The summed E-state index contributed by atoms with van der Waals surface area (Å²) in [5, 5.41) is 8.80. The SMILES string of the molecule is O=C(O)c1cccc(COc2ccc(Br)c(F)c2)n1. The Labute approximate surface area is 117 Å². The van der Waals surface area contributed by atoms with Crippen LogP contribution < -0.4 is 4.74 Å². The van der Waals surface area contributed by atoms with E-state index in [1.165, 1.54) is 18.2 Å². The van der Waals surface area contributed by atoms with Crippen LogP contribution in [0.1, 0.15) is 16.2 Å². The number of halogens is 2. The van der Waals surface area contributed by atoms with Crippen molar-refractivity contribution in [1.29, 1.82) is 0 Å². The second-order valence-electron chi connectivity index (χ2n) is 3.68. The van der Waals surface area contributed by atoms with Gasteiger partial charge in [-0.3, -0.25) is 0 Å². The number of aromatic nitrogens is 1. The van der Waals surface area contributed by atoms with E-state index in [1.807, 2.05) is 0 Å². The largest absolute Gasteiger partial charge is 0.487 e. The molecule has 0 aliphatic rings. The molecule has 0 atom stereocenters. The molecule has 1 N–H and O–H groups in total. The van der Waals surface area contributed by atoms with E-state index in [-0.39, 0.29) is 12.3 Å². The molecule has 1 aromatic carbocycles. The molecule has 2 aromatic rings. The molecule has 0 aliphatic carbocycles. The molecule has 1 aromatic heterocycles. The highest BCUT2D eigenvalue weighted by atomic mass is 79.9. The summed E-state index contributed by atoms with van der Waals surface area (Å²) in [6.07, 6.45) is 0. The van der Waals surface area contributed by atoms with Gasteiger partial charge in [-0.2, -0.15) is 0 Å². The number of rotatable bonds is 4. The normalized spacial score (nSPS) is 10.2. The molecule has 0 unspecified atom stereocenters. The molecule has 4 nitrogen and oxygen atoms in total. The minimum Gasteiger partial charge on any atom is -0.487 e. The van der Waals surface area contributed by atoms with Gasteiger partial charge in [0.05, 0.1) is 10.2 Å². The van der Waals surface area contributed by atoms with E-state index in [9.17, 15) is 9.18 Å². The van der Waals surface area contributed by atoms with E-state index in [1.54, 1.807) is 18.2 Å². The highest BCUT2D eigenvalue weighted by molar-refractivity contribution is 9.10. The number of hydrogen-bond acceptors (Lipinski definition) is 3. The zero-order valence-corrected chi connectivity index (χ0v) is 11.2. The smallest absolute Gasteiger partial charge is 0.354 e. The summed E-state index contributed by atoms with van der Waals surface area (Å²) < 4.78 is 19.0. The van der Waals surface area contributed by atoms with Crippen molar-refractivity contribution in [3.8, 4) is 5.75 Å². The maximum absolute atomic E-state index is 13.3. The summed E-state index contributed by atoms with van der Waals surface area (Å²) in [6, 6.07) is 9.00. The Morgan fingerprint density at radius 2 is 2.16 bits per heavy atom. The number of benzene rings is 1. The molecule has 0 fully saturated rings. The Kier molecular flexibility index (Phi) is 4.11. The fourth-order valence-electron chi connectivity index (χ4n) is 1.40. The minimum absolute atomic E-state index is 0.0527. The quantitative estimate of drug-likeness (QED) is 0.937. The van der Waals surface area contributed by atoms with Crippen LogP contribution in [-0.4, -0.2) is 16.1 Å². The van der Waals surface area contributed by atoms with Gasteiger partial charge in [0.2, 0.25) is 0 Å². The number of aromatic carboxylic acids is 1. The first kappa shape index (κ1) is 13.5.